The lowest BCUT2D eigenvalue weighted by atomic mass is 9.82. The molecule has 1 aliphatic rings. The van der Waals surface area contributed by atoms with Crippen LogP contribution in [0.1, 0.15) is 25.0 Å². The number of aromatic nitrogens is 2. The Morgan fingerprint density at radius 1 is 0.655 bits per heavy atom. The lowest BCUT2D eigenvalue weighted by molar-refractivity contribution is 0.660. The van der Waals surface area contributed by atoms with Crippen LogP contribution in [0, 0.1) is 0 Å². The topological polar surface area (TPSA) is 25.8 Å². The number of rotatable bonds is 2. The van der Waals surface area contributed by atoms with Crippen molar-refractivity contribution in [3.8, 4) is 33.6 Å². The van der Waals surface area contributed by atoms with Crippen molar-refractivity contribution in [3.05, 3.63) is 94.2 Å². The number of hydrogen-bond donors (Lipinski definition) is 0. The molecule has 0 unspecified atom stereocenters. The van der Waals surface area contributed by atoms with Crippen LogP contribution in [0.3, 0.4) is 0 Å². The highest BCUT2D eigenvalue weighted by Gasteiger charge is 2.35. The lowest BCUT2D eigenvalue weighted by Gasteiger charge is -2.21. The zero-order valence-corrected chi connectivity index (χ0v) is 17.6. The van der Waals surface area contributed by atoms with Gasteiger partial charge in [0.2, 0.25) is 5.28 Å². The third kappa shape index (κ3) is 3.04. The minimum Gasteiger partial charge on any atom is -0.218 e. The van der Waals surface area contributed by atoms with Crippen molar-refractivity contribution in [1.29, 1.82) is 0 Å². The molecule has 2 nitrogen and oxygen atoms in total. The van der Waals surface area contributed by atoms with E-state index in [9.17, 15) is 0 Å². The van der Waals surface area contributed by atoms with E-state index in [-0.39, 0.29) is 10.7 Å². The normalized spacial score (nSPS) is 13.8. The first-order valence-corrected chi connectivity index (χ1v) is 10.2. The number of halogens is 2. The highest BCUT2D eigenvalue weighted by atomic mass is 35.5. The van der Waals surface area contributed by atoms with Crippen LogP contribution in [0.2, 0.25) is 10.3 Å². The molecule has 0 spiro atoms. The molecule has 4 aromatic rings. The molecule has 0 atom stereocenters. The Kier molecular flexibility index (Phi) is 4.23. The fourth-order valence-corrected chi connectivity index (χ4v) is 4.60. The smallest absolute Gasteiger partial charge is 0.218 e. The zero-order chi connectivity index (χ0) is 20.2. The second-order valence-corrected chi connectivity index (χ2v) is 8.62. The van der Waals surface area contributed by atoms with Crippen LogP contribution in [0.15, 0.2) is 72.8 Å². The van der Waals surface area contributed by atoms with Gasteiger partial charge in [-0.25, -0.2) is 9.97 Å². The largest absolute Gasteiger partial charge is 0.223 e. The van der Waals surface area contributed by atoms with Gasteiger partial charge in [-0.3, -0.25) is 0 Å². The summed E-state index contributed by atoms with van der Waals surface area (Å²) in [6.07, 6.45) is 0. The predicted octanol–water partition coefficient (Wildman–Crippen LogP) is 7.42. The standard InChI is InChI=1S/C25H18Cl2N2/c1-25(2)20-9-4-3-8-18(20)19-11-10-16(13-21(19)25)23-14-22(28-24(27)29-23)15-6-5-7-17(26)12-15/h3-14H,1-2H3. The zero-order valence-electron chi connectivity index (χ0n) is 16.1. The fraction of sp³-hybridized carbons (Fsp3) is 0.120. The Bertz CT molecular complexity index is 1260. The molecule has 0 aliphatic heterocycles. The highest BCUT2D eigenvalue weighted by Crippen LogP contribution is 2.49. The van der Waals surface area contributed by atoms with Gasteiger partial charge in [0.25, 0.3) is 0 Å². The molecule has 1 heterocycles. The van der Waals surface area contributed by atoms with Gasteiger partial charge in [-0.05, 0) is 58.1 Å². The van der Waals surface area contributed by atoms with Gasteiger partial charge >= 0.3 is 0 Å². The van der Waals surface area contributed by atoms with Gasteiger partial charge in [-0.1, -0.05) is 74.0 Å². The lowest BCUT2D eigenvalue weighted by Crippen LogP contribution is -2.14. The van der Waals surface area contributed by atoms with Crippen molar-refractivity contribution < 1.29 is 0 Å². The van der Waals surface area contributed by atoms with Gasteiger partial charge in [0.1, 0.15) is 0 Å². The molecular weight excluding hydrogens is 399 g/mol. The molecule has 142 valence electrons. The fourth-order valence-electron chi connectivity index (χ4n) is 4.23. The maximum atomic E-state index is 6.28. The van der Waals surface area contributed by atoms with Crippen LogP contribution in [0.5, 0.6) is 0 Å². The quantitative estimate of drug-likeness (QED) is 0.317. The average Bonchev–Trinajstić information content (AvgIpc) is 2.95. The molecule has 1 aliphatic carbocycles. The van der Waals surface area contributed by atoms with Crippen molar-refractivity contribution >= 4 is 23.2 Å². The molecule has 1 aromatic heterocycles. The van der Waals surface area contributed by atoms with Crippen LogP contribution < -0.4 is 0 Å². The van der Waals surface area contributed by atoms with Crippen LogP contribution in [0.25, 0.3) is 33.6 Å². The van der Waals surface area contributed by atoms with Crippen LogP contribution >= 0.6 is 23.2 Å². The van der Waals surface area contributed by atoms with E-state index in [1.54, 1.807) is 0 Å². The van der Waals surface area contributed by atoms with Gasteiger partial charge in [0.15, 0.2) is 0 Å². The summed E-state index contributed by atoms with van der Waals surface area (Å²) < 4.78 is 0. The summed E-state index contributed by atoms with van der Waals surface area (Å²) in [5, 5.41) is 0.886. The highest BCUT2D eigenvalue weighted by molar-refractivity contribution is 6.31. The number of fused-ring (bicyclic) bond motifs is 3. The molecule has 5 rings (SSSR count). The molecule has 0 N–H and O–H groups in total. The molecular formula is C25H18Cl2N2. The third-order valence-electron chi connectivity index (χ3n) is 5.70. The van der Waals surface area contributed by atoms with Crippen LogP contribution in [0.4, 0.5) is 0 Å². The molecule has 3 aromatic carbocycles. The van der Waals surface area contributed by atoms with Crippen LogP contribution in [-0.4, -0.2) is 9.97 Å². The van der Waals surface area contributed by atoms with Gasteiger partial charge < -0.3 is 0 Å². The minimum atomic E-state index is -0.0610. The van der Waals surface area contributed by atoms with Gasteiger partial charge in [-0.15, -0.1) is 0 Å². The van der Waals surface area contributed by atoms with E-state index in [4.69, 9.17) is 23.2 Å². The van der Waals surface area contributed by atoms with Crippen molar-refractivity contribution in [3.63, 3.8) is 0 Å². The summed E-state index contributed by atoms with van der Waals surface area (Å²) in [7, 11) is 0. The van der Waals surface area contributed by atoms with Gasteiger partial charge in [0.05, 0.1) is 11.4 Å². The average molecular weight is 417 g/mol. The maximum absolute atomic E-state index is 6.28. The summed E-state index contributed by atoms with van der Waals surface area (Å²) in [5.74, 6) is 0. The van der Waals surface area contributed by atoms with Crippen molar-refractivity contribution in [1.82, 2.24) is 9.97 Å². The predicted molar refractivity (Wildman–Crippen MR) is 120 cm³/mol. The Morgan fingerprint density at radius 3 is 2.10 bits per heavy atom. The maximum Gasteiger partial charge on any atom is 0.223 e. The summed E-state index contributed by atoms with van der Waals surface area (Å²) in [6.45, 7) is 4.54. The number of hydrogen-bond acceptors (Lipinski definition) is 2. The van der Waals surface area contributed by atoms with Crippen molar-refractivity contribution in [2.45, 2.75) is 19.3 Å². The van der Waals surface area contributed by atoms with E-state index in [0.29, 0.717) is 5.02 Å². The van der Waals surface area contributed by atoms with E-state index in [1.165, 1.54) is 22.3 Å². The van der Waals surface area contributed by atoms with E-state index in [0.717, 1.165) is 22.5 Å². The molecule has 0 saturated heterocycles. The SMILES string of the molecule is CC1(C)c2ccccc2-c2ccc(-c3cc(-c4cccc(Cl)c4)nc(Cl)n3)cc21. The second-order valence-electron chi connectivity index (χ2n) is 7.85. The van der Waals surface area contributed by atoms with Gasteiger partial charge in [-0.2, -0.15) is 0 Å². The summed E-state index contributed by atoms with van der Waals surface area (Å²) in [5.41, 5.74) is 8.68. The first-order chi connectivity index (χ1) is 13.9. The number of benzene rings is 3. The molecule has 0 radical (unpaired) electrons. The van der Waals surface area contributed by atoms with Crippen molar-refractivity contribution in [2.75, 3.05) is 0 Å². The number of nitrogens with zero attached hydrogens (tertiary/aromatic N) is 2. The Labute approximate surface area is 180 Å². The first kappa shape index (κ1) is 18.4. The molecule has 4 heteroatoms. The molecule has 0 saturated carbocycles. The summed E-state index contributed by atoms with van der Waals surface area (Å²) >= 11 is 12.4. The third-order valence-corrected chi connectivity index (χ3v) is 6.10. The van der Waals surface area contributed by atoms with E-state index in [2.05, 4.69) is 66.3 Å². The minimum absolute atomic E-state index is 0.0610. The Hall–Kier alpha value is -2.68. The van der Waals surface area contributed by atoms with Crippen molar-refractivity contribution in [2.24, 2.45) is 0 Å². The summed E-state index contributed by atoms with van der Waals surface area (Å²) in [6, 6.07) is 24.7. The van der Waals surface area contributed by atoms with E-state index in [1.807, 2.05) is 30.3 Å². The van der Waals surface area contributed by atoms with E-state index >= 15 is 0 Å². The first-order valence-electron chi connectivity index (χ1n) is 9.49. The molecule has 0 bridgehead atoms. The molecule has 0 fully saturated rings. The van der Waals surface area contributed by atoms with Crippen LogP contribution in [-0.2, 0) is 5.41 Å². The Balaban J connectivity index is 1.65. The monoisotopic (exact) mass is 416 g/mol. The molecule has 0 amide bonds. The van der Waals surface area contributed by atoms with E-state index < -0.39 is 0 Å². The Morgan fingerprint density at radius 2 is 1.34 bits per heavy atom. The molecule has 29 heavy (non-hydrogen) atoms. The second kappa shape index (κ2) is 6.69. The summed E-state index contributed by atoms with van der Waals surface area (Å²) in [4.78, 5) is 8.90. The van der Waals surface area contributed by atoms with Gasteiger partial charge in [0, 0.05) is 21.6 Å².